The van der Waals surface area contributed by atoms with E-state index < -0.39 is 10.0 Å². The van der Waals surface area contributed by atoms with Crippen LogP contribution in [0.3, 0.4) is 0 Å². The summed E-state index contributed by atoms with van der Waals surface area (Å²) in [6.45, 7) is 4.40. The Morgan fingerprint density at radius 3 is 2.36 bits per heavy atom. The summed E-state index contributed by atoms with van der Waals surface area (Å²) < 4.78 is 32.7. The molecule has 0 bridgehead atoms. The van der Waals surface area contributed by atoms with Crippen molar-refractivity contribution in [2.24, 2.45) is 0 Å². The standard InChI is InChI=1S/C20H23NO3S/c1-5-6-13-21(15-18-9-12-20(24-4)17(3)14-18)25(22,23)19-10-7-16(2)8-11-19/h1,7-12,14H,6,13,15H2,2-4H3. The van der Waals surface area contributed by atoms with Crippen molar-refractivity contribution in [1.29, 1.82) is 0 Å². The first-order chi connectivity index (χ1) is 11.9. The molecule has 2 aromatic carbocycles. The number of methoxy groups -OCH3 is 1. The predicted octanol–water partition coefficient (Wildman–Crippen LogP) is 3.53. The first kappa shape index (κ1) is 19.0. The van der Waals surface area contributed by atoms with E-state index in [0.29, 0.717) is 6.42 Å². The number of terminal acetylenes is 1. The van der Waals surface area contributed by atoms with Gasteiger partial charge in [0, 0.05) is 19.5 Å². The third-order valence-corrected chi connectivity index (χ3v) is 5.84. The Balaban J connectivity index is 2.33. The molecule has 5 heteroatoms. The first-order valence-electron chi connectivity index (χ1n) is 8.02. The number of nitrogens with zero attached hydrogens (tertiary/aromatic N) is 1. The van der Waals surface area contributed by atoms with Crippen LogP contribution in [-0.4, -0.2) is 26.4 Å². The Labute approximate surface area is 150 Å². The lowest BCUT2D eigenvalue weighted by molar-refractivity contribution is 0.406. The molecule has 0 aromatic heterocycles. The number of hydrogen-bond acceptors (Lipinski definition) is 3. The van der Waals surface area contributed by atoms with E-state index in [0.717, 1.165) is 22.4 Å². The van der Waals surface area contributed by atoms with Crippen LogP contribution in [0.5, 0.6) is 5.75 Å². The average Bonchev–Trinajstić information content (AvgIpc) is 2.59. The number of benzene rings is 2. The van der Waals surface area contributed by atoms with Gasteiger partial charge in [-0.05, 0) is 43.2 Å². The molecular weight excluding hydrogens is 334 g/mol. The molecule has 0 aliphatic heterocycles. The van der Waals surface area contributed by atoms with Gasteiger partial charge in [0.1, 0.15) is 5.75 Å². The van der Waals surface area contributed by atoms with Crippen molar-refractivity contribution in [2.75, 3.05) is 13.7 Å². The highest BCUT2D eigenvalue weighted by atomic mass is 32.2. The maximum Gasteiger partial charge on any atom is 0.243 e. The molecule has 0 saturated heterocycles. The molecule has 4 nitrogen and oxygen atoms in total. The Bertz CT molecular complexity index is 865. The molecule has 0 aliphatic rings. The lowest BCUT2D eigenvalue weighted by Gasteiger charge is -2.22. The molecule has 2 aromatic rings. The van der Waals surface area contributed by atoms with E-state index in [4.69, 9.17) is 11.2 Å². The molecule has 0 fully saturated rings. The van der Waals surface area contributed by atoms with E-state index in [1.54, 1.807) is 31.4 Å². The molecule has 132 valence electrons. The summed E-state index contributed by atoms with van der Waals surface area (Å²) in [5.41, 5.74) is 2.87. The molecule has 25 heavy (non-hydrogen) atoms. The van der Waals surface area contributed by atoms with Crippen LogP contribution in [0.4, 0.5) is 0 Å². The van der Waals surface area contributed by atoms with Gasteiger partial charge in [-0.15, -0.1) is 12.3 Å². The average molecular weight is 357 g/mol. The molecule has 0 aliphatic carbocycles. The first-order valence-corrected chi connectivity index (χ1v) is 9.46. The van der Waals surface area contributed by atoms with Gasteiger partial charge in [-0.1, -0.05) is 29.8 Å². The van der Waals surface area contributed by atoms with Crippen molar-refractivity contribution in [3.8, 4) is 18.1 Å². The Kier molecular flexibility index (Phi) is 6.24. The minimum atomic E-state index is -3.61. The molecule has 0 heterocycles. The van der Waals surface area contributed by atoms with E-state index in [1.165, 1.54) is 4.31 Å². The summed E-state index contributed by atoms with van der Waals surface area (Å²) in [5.74, 6) is 3.30. The molecule has 0 N–H and O–H groups in total. The van der Waals surface area contributed by atoms with Crippen LogP contribution in [-0.2, 0) is 16.6 Å². The smallest absolute Gasteiger partial charge is 0.243 e. The largest absolute Gasteiger partial charge is 0.496 e. The maximum absolute atomic E-state index is 13.0. The number of rotatable bonds is 7. The summed E-state index contributed by atoms with van der Waals surface area (Å²) >= 11 is 0. The fraction of sp³-hybridized carbons (Fsp3) is 0.300. The molecule has 0 atom stereocenters. The Morgan fingerprint density at radius 1 is 1.12 bits per heavy atom. The van der Waals surface area contributed by atoms with Gasteiger partial charge in [-0.3, -0.25) is 0 Å². The summed E-state index contributed by atoms with van der Waals surface area (Å²) in [6.07, 6.45) is 5.71. The SMILES string of the molecule is C#CCCN(Cc1ccc(OC)c(C)c1)S(=O)(=O)c1ccc(C)cc1. The Hall–Kier alpha value is -2.29. The summed E-state index contributed by atoms with van der Waals surface area (Å²) in [5, 5.41) is 0. The van der Waals surface area contributed by atoms with Crippen molar-refractivity contribution in [2.45, 2.75) is 31.7 Å². The maximum atomic E-state index is 13.0. The molecular formula is C20H23NO3S. The van der Waals surface area contributed by atoms with Crippen molar-refractivity contribution in [3.63, 3.8) is 0 Å². The second-order valence-corrected chi connectivity index (χ2v) is 7.85. The van der Waals surface area contributed by atoms with Gasteiger partial charge in [0.05, 0.1) is 12.0 Å². The van der Waals surface area contributed by atoms with Crippen LogP contribution in [0, 0.1) is 26.2 Å². The van der Waals surface area contributed by atoms with Crippen LogP contribution in [0.2, 0.25) is 0 Å². The highest BCUT2D eigenvalue weighted by Gasteiger charge is 2.24. The van der Waals surface area contributed by atoms with Crippen molar-refractivity contribution in [1.82, 2.24) is 4.31 Å². The summed E-state index contributed by atoms with van der Waals surface area (Å²) in [4.78, 5) is 0.278. The van der Waals surface area contributed by atoms with E-state index in [9.17, 15) is 8.42 Å². The number of sulfonamides is 1. The second kappa shape index (κ2) is 8.19. The van der Waals surface area contributed by atoms with Crippen LogP contribution < -0.4 is 4.74 Å². The quantitative estimate of drug-likeness (QED) is 0.712. The fourth-order valence-corrected chi connectivity index (χ4v) is 4.00. The van der Waals surface area contributed by atoms with Crippen LogP contribution in [0.1, 0.15) is 23.1 Å². The normalized spacial score (nSPS) is 11.3. The molecule has 0 radical (unpaired) electrons. The minimum Gasteiger partial charge on any atom is -0.496 e. The van der Waals surface area contributed by atoms with E-state index in [2.05, 4.69) is 5.92 Å². The number of ether oxygens (including phenoxy) is 1. The summed E-state index contributed by atoms with van der Waals surface area (Å²) in [7, 11) is -2.00. The number of hydrogen-bond donors (Lipinski definition) is 0. The zero-order chi connectivity index (χ0) is 18.4. The monoisotopic (exact) mass is 357 g/mol. The van der Waals surface area contributed by atoms with Crippen molar-refractivity contribution >= 4 is 10.0 Å². The van der Waals surface area contributed by atoms with Gasteiger partial charge < -0.3 is 4.74 Å². The number of aryl methyl sites for hydroxylation is 2. The van der Waals surface area contributed by atoms with E-state index >= 15 is 0 Å². The second-order valence-electron chi connectivity index (χ2n) is 5.91. The van der Waals surface area contributed by atoms with E-state index in [-0.39, 0.29) is 18.0 Å². The fourth-order valence-electron chi connectivity index (χ4n) is 2.58. The highest BCUT2D eigenvalue weighted by Crippen LogP contribution is 2.23. The molecule has 0 amide bonds. The lowest BCUT2D eigenvalue weighted by atomic mass is 10.1. The minimum absolute atomic E-state index is 0.267. The van der Waals surface area contributed by atoms with Crippen LogP contribution in [0.15, 0.2) is 47.4 Å². The van der Waals surface area contributed by atoms with Crippen LogP contribution in [0.25, 0.3) is 0 Å². The molecule has 2 rings (SSSR count). The zero-order valence-corrected chi connectivity index (χ0v) is 15.6. The molecule has 0 unspecified atom stereocenters. The molecule has 0 saturated carbocycles. The zero-order valence-electron chi connectivity index (χ0n) is 14.8. The third-order valence-electron chi connectivity index (χ3n) is 3.98. The van der Waals surface area contributed by atoms with Gasteiger partial charge in [0.2, 0.25) is 10.0 Å². The van der Waals surface area contributed by atoms with Crippen molar-refractivity contribution < 1.29 is 13.2 Å². The topological polar surface area (TPSA) is 46.6 Å². The van der Waals surface area contributed by atoms with Crippen LogP contribution >= 0.6 is 0 Å². The van der Waals surface area contributed by atoms with E-state index in [1.807, 2.05) is 32.0 Å². The van der Waals surface area contributed by atoms with Gasteiger partial charge in [-0.2, -0.15) is 4.31 Å². The molecule has 0 spiro atoms. The Morgan fingerprint density at radius 2 is 1.80 bits per heavy atom. The highest BCUT2D eigenvalue weighted by molar-refractivity contribution is 7.89. The predicted molar refractivity (Wildman–Crippen MR) is 100.0 cm³/mol. The van der Waals surface area contributed by atoms with Gasteiger partial charge in [-0.25, -0.2) is 8.42 Å². The van der Waals surface area contributed by atoms with Gasteiger partial charge >= 0.3 is 0 Å². The summed E-state index contributed by atoms with van der Waals surface area (Å²) in [6, 6.07) is 12.5. The third kappa shape index (κ3) is 4.62. The van der Waals surface area contributed by atoms with Crippen molar-refractivity contribution in [3.05, 3.63) is 59.2 Å². The van der Waals surface area contributed by atoms with Gasteiger partial charge in [0.25, 0.3) is 0 Å². The van der Waals surface area contributed by atoms with Gasteiger partial charge in [0.15, 0.2) is 0 Å². The lowest BCUT2D eigenvalue weighted by Crippen LogP contribution is -2.31.